The number of carboxylic acid groups (broad SMARTS) is 1. The van der Waals surface area contributed by atoms with Crippen LogP contribution in [0.2, 0.25) is 0 Å². The summed E-state index contributed by atoms with van der Waals surface area (Å²) in [5.74, 6) is -1.00. The number of rotatable bonds is 4. The van der Waals surface area contributed by atoms with E-state index >= 15 is 0 Å². The van der Waals surface area contributed by atoms with E-state index < -0.39 is 5.97 Å². The van der Waals surface area contributed by atoms with Crippen molar-refractivity contribution in [1.82, 2.24) is 9.80 Å². The third kappa shape index (κ3) is 3.95. The summed E-state index contributed by atoms with van der Waals surface area (Å²) in [6.07, 6.45) is 2.00. The first-order chi connectivity index (χ1) is 9.97. The molecule has 1 saturated heterocycles. The Morgan fingerprint density at radius 1 is 1.43 bits per heavy atom. The van der Waals surface area contributed by atoms with Gasteiger partial charge in [-0.25, -0.2) is 9.59 Å². The van der Waals surface area contributed by atoms with Gasteiger partial charge >= 0.3 is 12.0 Å². The fourth-order valence-corrected chi connectivity index (χ4v) is 2.64. The van der Waals surface area contributed by atoms with Gasteiger partial charge in [0.05, 0.1) is 5.56 Å². The van der Waals surface area contributed by atoms with Gasteiger partial charge in [0, 0.05) is 24.8 Å². The number of benzene rings is 1. The highest BCUT2D eigenvalue weighted by molar-refractivity contribution is 5.93. The number of aromatic carboxylic acids is 1. The summed E-state index contributed by atoms with van der Waals surface area (Å²) in [6, 6.07) is 6.34. The standard InChI is InChI=1S/C15H21N3O3/c1-17(2)10-13-7-4-8-18(13)15(21)16-12-6-3-5-11(9-12)14(19)20/h3,5-6,9,13H,4,7-8,10H2,1-2H3,(H,16,21)(H,19,20). The molecule has 0 bridgehead atoms. The number of urea groups is 1. The maximum atomic E-state index is 12.3. The molecule has 0 saturated carbocycles. The highest BCUT2D eigenvalue weighted by atomic mass is 16.4. The number of amides is 2. The fourth-order valence-electron chi connectivity index (χ4n) is 2.64. The maximum Gasteiger partial charge on any atom is 0.335 e. The first-order valence-electron chi connectivity index (χ1n) is 7.03. The molecule has 114 valence electrons. The molecule has 6 nitrogen and oxygen atoms in total. The van der Waals surface area contributed by atoms with E-state index in [0.717, 1.165) is 25.9 Å². The van der Waals surface area contributed by atoms with Crippen LogP contribution in [0.1, 0.15) is 23.2 Å². The van der Waals surface area contributed by atoms with Gasteiger partial charge in [-0.3, -0.25) is 0 Å². The number of carboxylic acids is 1. The van der Waals surface area contributed by atoms with Crippen LogP contribution in [0.3, 0.4) is 0 Å². The monoisotopic (exact) mass is 291 g/mol. The Hall–Kier alpha value is -2.08. The number of nitrogens with one attached hydrogen (secondary N) is 1. The summed E-state index contributed by atoms with van der Waals surface area (Å²) >= 11 is 0. The van der Waals surface area contributed by atoms with Gasteiger partial charge in [-0.1, -0.05) is 6.07 Å². The molecule has 1 fully saturated rings. The fraction of sp³-hybridized carbons (Fsp3) is 0.467. The summed E-state index contributed by atoms with van der Waals surface area (Å²) in [5.41, 5.74) is 0.675. The molecular formula is C15H21N3O3. The van der Waals surface area contributed by atoms with Crippen molar-refractivity contribution < 1.29 is 14.7 Å². The highest BCUT2D eigenvalue weighted by Crippen LogP contribution is 2.20. The second-order valence-corrected chi connectivity index (χ2v) is 5.57. The van der Waals surface area contributed by atoms with Crippen LogP contribution in [0.15, 0.2) is 24.3 Å². The molecule has 2 N–H and O–H groups in total. The van der Waals surface area contributed by atoms with E-state index in [1.807, 2.05) is 19.0 Å². The largest absolute Gasteiger partial charge is 0.478 e. The molecular weight excluding hydrogens is 270 g/mol. The minimum absolute atomic E-state index is 0.165. The third-order valence-electron chi connectivity index (χ3n) is 3.57. The molecule has 0 radical (unpaired) electrons. The van der Waals surface area contributed by atoms with Crippen LogP contribution in [0.4, 0.5) is 10.5 Å². The van der Waals surface area contributed by atoms with Crippen molar-refractivity contribution in [2.24, 2.45) is 0 Å². The van der Waals surface area contributed by atoms with Gasteiger partial charge < -0.3 is 20.2 Å². The van der Waals surface area contributed by atoms with Crippen LogP contribution in [-0.2, 0) is 0 Å². The summed E-state index contributed by atoms with van der Waals surface area (Å²) in [5, 5.41) is 11.8. The molecule has 1 atom stereocenters. The van der Waals surface area contributed by atoms with Gasteiger partial charge in [0.25, 0.3) is 0 Å². The Balaban J connectivity index is 2.03. The van der Waals surface area contributed by atoms with E-state index in [2.05, 4.69) is 10.2 Å². The second-order valence-electron chi connectivity index (χ2n) is 5.57. The molecule has 1 heterocycles. The first kappa shape index (κ1) is 15.3. The minimum Gasteiger partial charge on any atom is -0.478 e. The average molecular weight is 291 g/mol. The molecule has 0 aromatic heterocycles. The van der Waals surface area contributed by atoms with Crippen LogP contribution in [0.25, 0.3) is 0 Å². The predicted molar refractivity (Wildman–Crippen MR) is 80.7 cm³/mol. The SMILES string of the molecule is CN(C)CC1CCCN1C(=O)Nc1cccc(C(=O)O)c1. The zero-order valence-electron chi connectivity index (χ0n) is 12.4. The van der Waals surface area contributed by atoms with Crippen molar-refractivity contribution in [2.45, 2.75) is 18.9 Å². The van der Waals surface area contributed by atoms with Crippen LogP contribution in [-0.4, -0.2) is 60.1 Å². The number of carbonyl (C=O) groups is 2. The molecule has 0 spiro atoms. The maximum absolute atomic E-state index is 12.3. The van der Waals surface area contributed by atoms with Crippen molar-refractivity contribution in [2.75, 3.05) is 32.5 Å². The van der Waals surface area contributed by atoms with Crippen LogP contribution >= 0.6 is 0 Å². The topological polar surface area (TPSA) is 72.9 Å². The highest BCUT2D eigenvalue weighted by Gasteiger charge is 2.29. The van der Waals surface area contributed by atoms with Crippen LogP contribution in [0.5, 0.6) is 0 Å². The van der Waals surface area contributed by atoms with E-state index in [1.165, 1.54) is 12.1 Å². The molecule has 1 aromatic rings. The van der Waals surface area contributed by atoms with E-state index in [1.54, 1.807) is 12.1 Å². The Kier molecular flexibility index (Phi) is 4.80. The minimum atomic E-state index is -1.00. The zero-order chi connectivity index (χ0) is 15.4. The molecule has 6 heteroatoms. The van der Waals surface area contributed by atoms with Crippen molar-refractivity contribution in [3.8, 4) is 0 Å². The number of hydrogen-bond donors (Lipinski definition) is 2. The normalized spacial score (nSPS) is 18.0. The van der Waals surface area contributed by atoms with Crippen molar-refractivity contribution in [3.05, 3.63) is 29.8 Å². The number of nitrogens with zero attached hydrogens (tertiary/aromatic N) is 2. The quantitative estimate of drug-likeness (QED) is 0.889. The van der Waals surface area contributed by atoms with E-state index in [9.17, 15) is 9.59 Å². The molecule has 1 unspecified atom stereocenters. The van der Waals surface area contributed by atoms with E-state index in [4.69, 9.17) is 5.11 Å². The van der Waals surface area contributed by atoms with Gasteiger partial charge in [0.15, 0.2) is 0 Å². The van der Waals surface area contributed by atoms with Crippen LogP contribution < -0.4 is 5.32 Å². The Morgan fingerprint density at radius 3 is 2.86 bits per heavy atom. The van der Waals surface area contributed by atoms with E-state index in [0.29, 0.717) is 5.69 Å². The third-order valence-corrected chi connectivity index (χ3v) is 3.57. The number of hydrogen-bond acceptors (Lipinski definition) is 3. The summed E-state index contributed by atoms with van der Waals surface area (Å²) in [4.78, 5) is 27.2. The number of likely N-dealkylation sites (tertiary alicyclic amines) is 1. The lowest BCUT2D eigenvalue weighted by atomic mass is 10.2. The lowest BCUT2D eigenvalue weighted by molar-refractivity contribution is 0.0697. The number of carbonyl (C=O) groups excluding carboxylic acids is 1. The molecule has 0 aliphatic carbocycles. The average Bonchev–Trinajstić information content (AvgIpc) is 2.86. The summed E-state index contributed by atoms with van der Waals surface area (Å²) in [6.45, 7) is 1.57. The molecule has 2 amide bonds. The lowest BCUT2D eigenvalue weighted by Gasteiger charge is -2.27. The van der Waals surface area contributed by atoms with Gasteiger partial charge in [-0.15, -0.1) is 0 Å². The van der Waals surface area contributed by atoms with Gasteiger partial charge in [0.2, 0.25) is 0 Å². The Labute approximate surface area is 124 Å². The van der Waals surface area contributed by atoms with Crippen molar-refractivity contribution in [1.29, 1.82) is 0 Å². The molecule has 1 aliphatic heterocycles. The van der Waals surface area contributed by atoms with Crippen molar-refractivity contribution >= 4 is 17.7 Å². The van der Waals surface area contributed by atoms with Gasteiger partial charge in [0.1, 0.15) is 0 Å². The van der Waals surface area contributed by atoms with Gasteiger partial charge in [-0.2, -0.15) is 0 Å². The molecule has 1 aromatic carbocycles. The first-order valence-corrected chi connectivity index (χ1v) is 7.03. The van der Waals surface area contributed by atoms with E-state index in [-0.39, 0.29) is 17.6 Å². The summed E-state index contributed by atoms with van der Waals surface area (Å²) < 4.78 is 0. The number of anilines is 1. The molecule has 2 rings (SSSR count). The Bertz CT molecular complexity index is 531. The Morgan fingerprint density at radius 2 is 2.19 bits per heavy atom. The molecule has 21 heavy (non-hydrogen) atoms. The van der Waals surface area contributed by atoms with Crippen molar-refractivity contribution in [3.63, 3.8) is 0 Å². The van der Waals surface area contributed by atoms with Crippen LogP contribution in [0, 0.1) is 0 Å². The second kappa shape index (κ2) is 6.58. The molecule has 1 aliphatic rings. The lowest BCUT2D eigenvalue weighted by Crippen LogP contribution is -2.43. The smallest absolute Gasteiger partial charge is 0.335 e. The van der Waals surface area contributed by atoms with Gasteiger partial charge in [-0.05, 0) is 45.1 Å². The summed E-state index contributed by atoms with van der Waals surface area (Å²) in [7, 11) is 3.98. The zero-order valence-corrected chi connectivity index (χ0v) is 12.4. The number of likely N-dealkylation sites (N-methyl/N-ethyl adjacent to an activating group) is 1. The predicted octanol–water partition coefficient (Wildman–Crippen LogP) is 1.94.